The molecule has 8 heteroatoms. The summed E-state index contributed by atoms with van der Waals surface area (Å²) in [7, 11) is 4.02. The Balaban J connectivity index is 0.00000288. The van der Waals surface area contributed by atoms with Gasteiger partial charge in [0.05, 0.1) is 6.54 Å². The summed E-state index contributed by atoms with van der Waals surface area (Å²) in [6.07, 6.45) is 4.27. The number of aliphatic imine (C=N–C) groups is 1. The topological polar surface area (TPSA) is 55.8 Å². The molecule has 0 spiro atoms. The van der Waals surface area contributed by atoms with Gasteiger partial charge in [0.25, 0.3) is 0 Å². The van der Waals surface area contributed by atoms with E-state index >= 15 is 0 Å². The van der Waals surface area contributed by atoms with Crippen LogP contribution in [0.5, 0.6) is 0 Å². The van der Waals surface area contributed by atoms with Gasteiger partial charge < -0.3 is 20.4 Å². The number of guanidine groups is 1. The molecule has 138 valence electrons. The summed E-state index contributed by atoms with van der Waals surface area (Å²) < 4.78 is 0. The predicted molar refractivity (Wildman–Crippen MR) is 114 cm³/mol. The van der Waals surface area contributed by atoms with Gasteiger partial charge in [-0.15, -0.1) is 35.3 Å². The molecule has 0 atom stereocenters. The fraction of sp³-hybridized carbons (Fsp3) is 0.750. The number of hydrogen-bond donors (Lipinski definition) is 2. The van der Waals surface area contributed by atoms with Crippen LogP contribution >= 0.6 is 35.3 Å². The number of nitrogens with one attached hydrogen (secondary N) is 2. The van der Waals surface area contributed by atoms with E-state index in [2.05, 4.69) is 44.4 Å². The molecule has 1 aromatic heterocycles. The monoisotopic (exact) mass is 466 g/mol. The van der Waals surface area contributed by atoms with E-state index < -0.39 is 0 Å². The van der Waals surface area contributed by atoms with Crippen LogP contribution in [0.1, 0.15) is 23.2 Å². The molecule has 1 saturated heterocycles. The van der Waals surface area contributed by atoms with E-state index in [4.69, 9.17) is 0 Å². The van der Waals surface area contributed by atoms with Crippen LogP contribution < -0.4 is 10.6 Å². The lowest BCUT2D eigenvalue weighted by Crippen LogP contribution is -2.42. The maximum Gasteiger partial charge on any atom is 0.191 e. The second-order valence-electron chi connectivity index (χ2n) is 5.92. The molecule has 1 aliphatic rings. The van der Waals surface area contributed by atoms with Gasteiger partial charge in [0.1, 0.15) is 5.01 Å². The molecule has 2 N–H and O–H groups in total. The summed E-state index contributed by atoms with van der Waals surface area (Å²) in [5, 5.41) is 7.85. The normalized spacial score (nSPS) is 17.2. The molecule has 2 heterocycles. The molecule has 1 aliphatic heterocycles. The number of likely N-dealkylation sites (N-methyl/N-ethyl adjacent to an activating group) is 1. The average molecular weight is 466 g/mol. The van der Waals surface area contributed by atoms with Crippen molar-refractivity contribution in [3.8, 4) is 0 Å². The minimum Gasteiger partial charge on any atom is -0.355 e. The number of thiazole rings is 1. The first-order valence-corrected chi connectivity index (χ1v) is 9.32. The molecule has 2 rings (SSSR count). The van der Waals surface area contributed by atoms with Crippen LogP contribution in [0.2, 0.25) is 0 Å². The third kappa shape index (κ3) is 7.62. The molecule has 0 bridgehead atoms. The zero-order valence-corrected chi connectivity index (χ0v) is 18.2. The maximum absolute atomic E-state index is 4.42. The molecule has 24 heavy (non-hydrogen) atoms. The predicted octanol–water partition coefficient (Wildman–Crippen LogP) is 1.63. The lowest BCUT2D eigenvalue weighted by molar-refractivity contribution is 0.280. The Hall–Kier alpha value is -0.450. The van der Waals surface area contributed by atoms with Gasteiger partial charge in [-0.25, -0.2) is 4.98 Å². The zero-order chi connectivity index (χ0) is 16.5. The molecular weight excluding hydrogens is 435 g/mol. The number of hydrogen-bond acceptors (Lipinski definition) is 5. The van der Waals surface area contributed by atoms with Crippen molar-refractivity contribution in [2.45, 2.75) is 26.3 Å². The molecule has 1 fully saturated rings. The van der Waals surface area contributed by atoms with Crippen molar-refractivity contribution in [3.63, 3.8) is 0 Å². The van der Waals surface area contributed by atoms with Crippen LogP contribution in [0, 0.1) is 0 Å². The molecule has 1 aromatic rings. The number of nitrogens with zero attached hydrogens (tertiary/aromatic N) is 4. The smallest absolute Gasteiger partial charge is 0.191 e. The van der Waals surface area contributed by atoms with Gasteiger partial charge in [-0.1, -0.05) is 6.92 Å². The number of rotatable bonds is 6. The molecule has 6 nitrogen and oxygen atoms in total. The third-order valence-electron chi connectivity index (χ3n) is 4.11. The van der Waals surface area contributed by atoms with Gasteiger partial charge in [0.15, 0.2) is 5.96 Å². The highest BCUT2D eigenvalue weighted by Gasteiger charge is 2.11. The van der Waals surface area contributed by atoms with E-state index in [0.29, 0.717) is 0 Å². The second-order valence-corrected chi connectivity index (χ2v) is 7.12. The third-order valence-corrected chi connectivity index (χ3v) is 5.25. The zero-order valence-electron chi connectivity index (χ0n) is 15.0. The van der Waals surface area contributed by atoms with Crippen LogP contribution in [0.3, 0.4) is 0 Å². The van der Waals surface area contributed by atoms with Crippen molar-refractivity contribution in [2.24, 2.45) is 4.99 Å². The van der Waals surface area contributed by atoms with Crippen molar-refractivity contribution in [1.82, 2.24) is 25.4 Å². The largest absolute Gasteiger partial charge is 0.355 e. The standard InChI is InChI=1S/C16H30N6S.HI/c1-4-14-12-19-15(23-14)13-20-16(17-2)18-6-9-22-8-5-7-21(3)10-11-22;/h12H,4-11,13H2,1-3H3,(H2,17,18,20);1H. The number of aryl methyl sites for hydroxylation is 1. The lowest BCUT2D eigenvalue weighted by Gasteiger charge is -2.20. The van der Waals surface area contributed by atoms with E-state index in [-0.39, 0.29) is 24.0 Å². The summed E-state index contributed by atoms with van der Waals surface area (Å²) in [5.41, 5.74) is 0. The second kappa shape index (κ2) is 12.0. The Labute approximate surface area is 167 Å². The first kappa shape index (κ1) is 21.6. The molecule has 0 aliphatic carbocycles. The van der Waals surface area contributed by atoms with E-state index in [0.717, 1.165) is 50.1 Å². The summed E-state index contributed by atoms with van der Waals surface area (Å²) >= 11 is 1.77. The van der Waals surface area contributed by atoms with Gasteiger partial charge in [-0.2, -0.15) is 0 Å². The van der Waals surface area contributed by atoms with E-state index in [1.165, 1.54) is 24.4 Å². The van der Waals surface area contributed by atoms with Gasteiger partial charge in [-0.3, -0.25) is 4.99 Å². The summed E-state index contributed by atoms with van der Waals surface area (Å²) in [6, 6.07) is 0. The first-order valence-electron chi connectivity index (χ1n) is 8.50. The Bertz CT molecular complexity index is 493. The van der Waals surface area contributed by atoms with Crippen LogP contribution in [-0.4, -0.2) is 74.1 Å². The molecule has 0 saturated carbocycles. The fourth-order valence-corrected chi connectivity index (χ4v) is 3.43. The van der Waals surface area contributed by atoms with Crippen molar-refractivity contribution in [2.75, 3.05) is 53.4 Å². The molecule has 0 unspecified atom stereocenters. The SMILES string of the molecule is CCc1cnc(CNC(=NC)NCCN2CCCN(C)CC2)s1.I. The van der Waals surface area contributed by atoms with Crippen molar-refractivity contribution in [3.05, 3.63) is 16.1 Å². The van der Waals surface area contributed by atoms with Crippen LogP contribution in [0.25, 0.3) is 0 Å². The Morgan fingerprint density at radius 1 is 1.29 bits per heavy atom. The Morgan fingerprint density at radius 3 is 2.83 bits per heavy atom. The van der Waals surface area contributed by atoms with Crippen molar-refractivity contribution < 1.29 is 0 Å². The maximum atomic E-state index is 4.42. The molecule has 0 amide bonds. The van der Waals surface area contributed by atoms with Gasteiger partial charge >= 0.3 is 0 Å². The van der Waals surface area contributed by atoms with Gasteiger partial charge in [-0.05, 0) is 33.0 Å². The van der Waals surface area contributed by atoms with E-state index in [1.807, 2.05) is 13.2 Å². The van der Waals surface area contributed by atoms with Crippen LogP contribution in [0.4, 0.5) is 0 Å². The quantitative estimate of drug-likeness (QED) is 0.379. The number of halogens is 1. The summed E-state index contributed by atoms with van der Waals surface area (Å²) in [4.78, 5) is 15.0. The highest BCUT2D eigenvalue weighted by Crippen LogP contribution is 2.12. The van der Waals surface area contributed by atoms with Gasteiger partial charge in [0, 0.05) is 44.3 Å². The van der Waals surface area contributed by atoms with Crippen molar-refractivity contribution >= 4 is 41.3 Å². The summed E-state index contributed by atoms with van der Waals surface area (Å²) in [6.45, 7) is 9.59. The molecule has 0 aromatic carbocycles. The average Bonchev–Trinajstić information content (AvgIpc) is 2.93. The minimum atomic E-state index is 0. The summed E-state index contributed by atoms with van der Waals surface area (Å²) in [5.74, 6) is 0.852. The van der Waals surface area contributed by atoms with Crippen LogP contribution in [0.15, 0.2) is 11.2 Å². The highest BCUT2D eigenvalue weighted by molar-refractivity contribution is 14.0. The minimum absolute atomic E-state index is 0. The lowest BCUT2D eigenvalue weighted by atomic mass is 10.4. The van der Waals surface area contributed by atoms with E-state index in [9.17, 15) is 0 Å². The number of aromatic nitrogens is 1. The van der Waals surface area contributed by atoms with Crippen molar-refractivity contribution in [1.29, 1.82) is 0 Å². The Kier molecular flexibility index (Phi) is 10.8. The fourth-order valence-electron chi connectivity index (χ4n) is 2.63. The van der Waals surface area contributed by atoms with Gasteiger partial charge in [0.2, 0.25) is 0 Å². The highest BCUT2D eigenvalue weighted by atomic mass is 127. The first-order chi connectivity index (χ1) is 11.2. The van der Waals surface area contributed by atoms with Crippen LogP contribution in [-0.2, 0) is 13.0 Å². The Morgan fingerprint density at radius 2 is 2.12 bits per heavy atom. The van der Waals surface area contributed by atoms with E-state index in [1.54, 1.807) is 11.3 Å². The molecule has 0 radical (unpaired) electrons. The molecular formula is C16H31IN6S.